The molecule has 4 nitrogen and oxygen atoms in total. The first-order valence-corrected chi connectivity index (χ1v) is 5.60. The van der Waals surface area contributed by atoms with Crippen LogP contribution in [0.5, 0.6) is 5.75 Å². The molecule has 0 spiro atoms. The summed E-state index contributed by atoms with van der Waals surface area (Å²) in [5, 5.41) is 7.64. The second-order valence-corrected chi connectivity index (χ2v) is 3.98. The molecule has 0 amide bonds. The molecule has 17 heavy (non-hydrogen) atoms. The molecule has 0 aliphatic heterocycles. The first-order valence-electron chi connectivity index (χ1n) is 5.60. The quantitative estimate of drug-likeness (QED) is 0.879. The van der Waals surface area contributed by atoms with Gasteiger partial charge in [0, 0.05) is 24.9 Å². The number of nitrogens with one attached hydrogen (secondary N) is 1. The molecule has 0 saturated heterocycles. The van der Waals surface area contributed by atoms with E-state index in [4.69, 9.17) is 4.74 Å². The highest BCUT2D eigenvalue weighted by Gasteiger charge is 2.11. The van der Waals surface area contributed by atoms with Crippen LogP contribution in [0.1, 0.15) is 18.5 Å². The minimum atomic E-state index is 0.154. The Morgan fingerprint density at radius 3 is 2.71 bits per heavy atom. The van der Waals surface area contributed by atoms with Crippen molar-refractivity contribution < 1.29 is 4.74 Å². The zero-order valence-electron chi connectivity index (χ0n) is 10.3. The molecule has 2 aromatic rings. The monoisotopic (exact) mass is 231 g/mol. The van der Waals surface area contributed by atoms with Gasteiger partial charge in [-0.15, -0.1) is 0 Å². The highest BCUT2D eigenvalue weighted by molar-refractivity contribution is 5.42. The Labute approximate surface area is 101 Å². The van der Waals surface area contributed by atoms with Crippen LogP contribution < -0.4 is 10.1 Å². The van der Waals surface area contributed by atoms with Gasteiger partial charge in [0.05, 0.1) is 13.2 Å². The highest BCUT2D eigenvalue weighted by Crippen LogP contribution is 2.26. The van der Waals surface area contributed by atoms with Gasteiger partial charge in [0.1, 0.15) is 11.6 Å². The Bertz CT molecular complexity index is 493. The third-order valence-electron chi connectivity index (χ3n) is 2.68. The summed E-state index contributed by atoms with van der Waals surface area (Å²) in [6.07, 6.45) is 1.91. The normalized spacial score (nSPS) is 12.2. The van der Waals surface area contributed by atoms with E-state index in [1.54, 1.807) is 11.8 Å². The summed E-state index contributed by atoms with van der Waals surface area (Å²) in [6.45, 7) is 2.09. The lowest BCUT2D eigenvalue weighted by atomic mass is 10.1. The van der Waals surface area contributed by atoms with Crippen LogP contribution in [-0.4, -0.2) is 16.9 Å². The number of anilines is 1. The predicted octanol–water partition coefficient (Wildman–Crippen LogP) is 2.60. The zero-order chi connectivity index (χ0) is 12.3. The largest absolute Gasteiger partial charge is 0.496 e. The van der Waals surface area contributed by atoms with Crippen molar-refractivity contribution in [3.05, 3.63) is 42.1 Å². The minimum absolute atomic E-state index is 0.154. The van der Waals surface area contributed by atoms with Crippen molar-refractivity contribution in [1.82, 2.24) is 9.78 Å². The van der Waals surface area contributed by atoms with Crippen LogP contribution in [0, 0.1) is 0 Å². The molecule has 1 aromatic heterocycles. The van der Waals surface area contributed by atoms with Crippen LogP contribution in [0.25, 0.3) is 0 Å². The Morgan fingerprint density at radius 2 is 2.06 bits per heavy atom. The fourth-order valence-corrected chi connectivity index (χ4v) is 1.82. The van der Waals surface area contributed by atoms with E-state index < -0.39 is 0 Å². The molecule has 1 atom stereocenters. The van der Waals surface area contributed by atoms with Crippen LogP contribution in [0.3, 0.4) is 0 Å². The number of para-hydroxylation sites is 1. The highest BCUT2D eigenvalue weighted by atomic mass is 16.5. The molecule has 90 valence electrons. The van der Waals surface area contributed by atoms with Crippen molar-refractivity contribution in [3.63, 3.8) is 0 Å². The number of hydrogen-bond acceptors (Lipinski definition) is 3. The lowest BCUT2D eigenvalue weighted by Gasteiger charge is -2.16. The van der Waals surface area contributed by atoms with E-state index in [9.17, 15) is 0 Å². The number of ether oxygens (including phenoxy) is 1. The van der Waals surface area contributed by atoms with Crippen molar-refractivity contribution in [2.45, 2.75) is 13.0 Å². The van der Waals surface area contributed by atoms with Crippen molar-refractivity contribution in [2.75, 3.05) is 12.4 Å². The molecule has 2 rings (SSSR count). The number of aromatic nitrogens is 2. The first kappa shape index (κ1) is 11.5. The molecule has 0 fully saturated rings. The fourth-order valence-electron chi connectivity index (χ4n) is 1.82. The van der Waals surface area contributed by atoms with Crippen molar-refractivity contribution in [1.29, 1.82) is 0 Å². The van der Waals surface area contributed by atoms with E-state index in [0.29, 0.717) is 0 Å². The molecule has 4 heteroatoms. The standard InChI is InChI=1S/C13H17N3O/c1-10(14-13-8-9-16(2)15-13)11-6-4-5-7-12(11)17-3/h4-10H,1-3H3,(H,14,15). The second kappa shape index (κ2) is 4.91. The third-order valence-corrected chi connectivity index (χ3v) is 2.68. The van der Waals surface area contributed by atoms with Gasteiger partial charge in [-0.25, -0.2) is 0 Å². The number of nitrogens with zero attached hydrogens (tertiary/aromatic N) is 2. The maximum atomic E-state index is 5.34. The Morgan fingerprint density at radius 1 is 1.29 bits per heavy atom. The molecule has 0 bridgehead atoms. The van der Waals surface area contributed by atoms with Gasteiger partial charge in [-0.1, -0.05) is 18.2 Å². The van der Waals surface area contributed by atoms with Gasteiger partial charge >= 0.3 is 0 Å². The smallest absolute Gasteiger partial charge is 0.148 e. The second-order valence-electron chi connectivity index (χ2n) is 3.98. The van der Waals surface area contributed by atoms with E-state index in [1.165, 1.54) is 0 Å². The predicted molar refractivity (Wildman–Crippen MR) is 68.2 cm³/mol. The summed E-state index contributed by atoms with van der Waals surface area (Å²) in [6, 6.07) is 10.1. The van der Waals surface area contributed by atoms with Gasteiger partial charge in [-0.3, -0.25) is 4.68 Å². The van der Waals surface area contributed by atoms with E-state index in [0.717, 1.165) is 17.1 Å². The van der Waals surface area contributed by atoms with Gasteiger partial charge in [0.25, 0.3) is 0 Å². The van der Waals surface area contributed by atoms with Gasteiger partial charge in [0.2, 0.25) is 0 Å². The molecule has 1 unspecified atom stereocenters. The van der Waals surface area contributed by atoms with Gasteiger partial charge in [-0.05, 0) is 13.0 Å². The summed E-state index contributed by atoms with van der Waals surface area (Å²) in [5.74, 6) is 1.76. The van der Waals surface area contributed by atoms with E-state index in [-0.39, 0.29) is 6.04 Å². The number of methoxy groups -OCH3 is 1. The molecule has 1 N–H and O–H groups in total. The summed E-state index contributed by atoms with van der Waals surface area (Å²) >= 11 is 0. The lowest BCUT2D eigenvalue weighted by molar-refractivity contribution is 0.408. The maximum Gasteiger partial charge on any atom is 0.148 e. The first-order chi connectivity index (χ1) is 8.20. The summed E-state index contributed by atoms with van der Waals surface area (Å²) in [5.41, 5.74) is 1.13. The molecule has 0 radical (unpaired) electrons. The molecular weight excluding hydrogens is 214 g/mol. The van der Waals surface area contributed by atoms with Gasteiger partial charge < -0.3 is 10.1 Å². The van der Waals surface area contributed by atoms with Crippen molar-refractivity contribution >= 4 is 5.82 Å². The van der Waals surface area contributed by atoms with Gasteiger partial charge in [0.15, 0.2) is 0 Å². The summed E-state index contributed by atoms with van der Waals surface area (Å²) in [7, 11) is 3.59. The average molecular weight is 231 g/mol. The Hall–Kier alpha value is -1.97. The fraction of sp³-hybridized carbons (Fsp3) is 0.308. The molecule has 1 aromatic carbocycles. The van der Waals surface area contributed by atoms with Crippen LogP contribution >= 0.6 is 0 Å². The minimum Gasteiger partial charge on any atom is -0.496 e. The molecule has 0 aliphatic carbocycles. The van der Waals surface area contributed by atoms with E-state index >= 15 is 0 Å². The Kier molecular flexibility index (Phi) is 3.32. The molecule has 0 aliphatic rings. The molecule has 1 heterocycles. The van der Waals surface area contributed by atoms with Crippen LogP contribution in [0.4, 0.5) is 5.82 Å². The zero-order valence-corrected chi connectivity index (χ0v) is 10.3. The van der Waals surface area contributed by atoms with E-state index in [1.807, 2.05) is 37.5 Å². The third kappa shape index (κ3) is 2.58. The van der Waals surface area contributed by atoms with Crippen molar-refractivity contribution in [2.24, 2.45) is 7.05 Å². The topological polar surface area (TPSA) is 39.1 Å². The Balaban J connectivity index is 2.16. The maximum absolute atomic E-state index is 5.34. The van der Waals surface area contributed by atoms with E-state index in [2.05, 4.69) is 23.4 Å². The SMILES string of the molecule is COc1ccccc1C(C)Nc1ccn(C)n1. The average Bonchev–Trinajstić information content (AvgIpc) is 2.74. The van der Waals surface area contributed by atoms with Crippen molar-refractivity contribution in [3.8, 4) is 5.75 Å². The van der Waals surface area contributed by atoms with Crippen LogP contribution in [-0.2, 0) is 7.05 Å². The summed E-state index contributed by atoms with van der Waals surface area (Å²) in [4.78, 5) is 0. The lowest BCUT2D eigenvalue weighted by Crippen LogP contribution is -2.08. The van der Waals surface area contributed by atoms with Gasteiger partial charge in [-0.2, -0.15) is 5.10 Å². The summed E-state index contributed by atoms with van der Waals surface area (Å²) < 4.78 is 7.12. The molecular formula is C13H17N3O. The van der Waals surface area contributed by atoms with Crippen LogP contribution in [0.15, 0.2) is 36.5 Å². The molecule has 0 saturated carbocycles. The van der Waals surface area contributed by atoms with Crippen LogP contribution in [0.2, 0.25) is 0 Å². The number of hydrogen-bond donors (Lipinski definition) is 1. The number of benzene rings is 1. The number of aryl methyl sites for hydroxylation is 1. The number of rotatable bonds is 4.